The predicted molar refractivity (Wildman–Crippen MR) is 30.8 cm³/mol. The third-order valence-electron chi connectivity index (χ3n) is 0.889. The van der Waals surface area contributed by atoms with Crippen LogP contribution in [0.2, 0.25) is 0 Å². The fourth-order valence-corrected chi connectivity index (χ4v) is 0.503. The highest BCUT2D eigenvalue weighted by atomic mass is 16.1. The summed E-state index contributed by atoms with van der Waals surface area (Å²) in [5, 5.41) is 15.5. The van der Waals surface area contributed by atoms with Crippen LogP contribution < -0.4 is 0 Å². The number of aromatic nitrogens is 3. The molecule has 1 rings (SSSR count). The quantitative estimate of drug-likeness (QED) is 0.506. The number of hydrogen-bond donors (Lipinski definition) is 0. The molecule has 1 aromatic rings. The van der Waals surface area contributed by atoms with Crippen molar-refractivity contribution in [3.63, 3.8) is 0 Å². The van der Waals surface area contributed by atoms with Crippen LogP contribution in [0.1, 0.15) is 5.69 Å². The van der Waals surface area contributed by atoms with E-state index in [4.69, 9.17) is 5.26 Å². The van der Waals surface area contributed by atoms with Gasteiger partial charge in [0.15, 0.2) is 5.69 Å². The van der Waals surface area contributed by atoms with Gasteiger partial charge in [0.05, 0.1) is 6.20 Å². The smallest absolute Gasteiger partial charge is 0.182 e. The zero-order valence-corrected chi connectivity index (χ0v) is 5.06. The summed E-state index contributed by atoms with van der Waals surface area (Å²) in [7, 11) is 0. The van der Waals surface area contributed by atoms with Crippen LogP contribution in [-0.2, 0) is 11.3 Å². The third kappa shape index (κ3) is 1.17. The molecule has 1 aromatic heterocycles. The molecule has 0 aliphatic rings. The number of carbonyl (C=O) groups excluding carboxylic acids is 1. The maximum absolute atomic E-state index is 9.89. The van der Waals surface area contributed by atoms with Crippen molar-refractivity contribution in [1.82, 2.24) is 15.0 Å². The van der Waals surface area contributed by atoms with E-state index in [9.17, 15) is 4.79 Å². The number of carbonyl (C=O) groups is 1. The first-order valence-electron chi connectivity index (χ1n) is 2.60. The molecule has 0 aromatic carbocycles. The van der Waals surface area contributed by atoms with Crippen LogP contribution in [0, 0.1) is 11.3 Å². The van der Waals surface area contributed by atoms with Gasteiger partial charge in [0.2, 0.25) is 0 Å². The number of nitrogens with zero attached hydrogens (tertiary/aromatic N) is 4. The van der Waals surface area contributed by atoms with Gasteiger partial charge in [-0.1, -0.05) is 0 Å². The SMILES string of the molecule is N#Cc1cnn(CC=O)n1. The molecule has 5 nitrogen and oxygen atoms in total. The summed E-state index contributed by atoms with van der Waals surface area (Å²) < 4.78 is 0. The van der Waals surface area contributed by atoms with Gasteiger partial charge in [-0.2, -0.15) is 15.2 Å². The van der Waals surface area contributed by atoms with E-state index in [0.29, 0.717) is 6.29 Å². The molecule has 0 atom stereocenters. The number of hydrogen-bond acceptors (Lipinski definition) is 4. The van der Waals surface area contributed by atoms with Gasteiger partial charge in [0, 0.05) is 0 Å². The van der Waals surface area contributed by atoms with Gasteiger partial charge in [-0.05, 0) is 0 Å². The fourth-order valence-electron chi connectivity index (χ4n) is 0.503. The molecule has 50 valence electrons. The summed E-state index contributed by atoms with van der Waals surface area (Å²) in [6, 6.07) is 1.80. The van der Waals surface area contributed by atoms with E-state index in [2.05, 4.69) is 10.2 Å². The summed E-state index contributed by atoms with van der Waals surface area (Å²) in [6.45, 7) is 0.0989. The van der Waals surface area contributed by atoms with Crippen molar-refractivity contribution < 1.29 is 4.79 Å². The normalized spacial score (nSPS) is 8.70. The fraction of sp³-hybridized carbons (Fsp3) is 0.200. The van der Waals surface area contributed by atoms with Crippen LogP contribution in [0.15, 0.2) is 6.20 Å². The molecular weight excluding hydrogens is 132 g/mol. The second-order valence-corrected chi connectivity index (χ2v) is 1.56. The lowest BCUT2D eigenvalue weighted by Gasteiger charge is -1.85. The number of rotatable bonds is 2. The topological polar surface area (TPSA) is 71.6 Å². The first-order chi connectivity index (χ1) is 4.86. The van der Waals surface area contributed by atoms with Gasteiger partial charge in [-0.15, -0.1) is 5.10 Å². The lowest BCUT2D eigenvalue weighted by molar-refractivity contribution is -0.108. The summed E-state index contributed by atoms with van der Waals surface area (Å²) in [5.74, 6) is 0. The van der Waals surface area contributed by atoms with Crippen LogP contribution in [0.3, 0.4) is 0 Å². The summed E-state index contributed by atoms with van der Waals surface area (Å²) in [5.41, 5.74) is 0.224. The van der Waals surface area contributed by atoms with E-state index < -0.39 is 0 Å². The molecule has 0 bridgehead atoms. The van der Waals surface area contributed by atoms with E-state index >= 15 is 0 Å². The monoisotopic (exact) mass is 136 g/mol. The Morgan fingerprint density at radius 2 is 2.70 bits per heavy atom. The Bertz CT molecular complexity index is 271. The van der Waals surface area contributed by atoms with Crippen LogP contribution in [0.4, 0.5) is 0 Å². The van der Waals surface area contributed by atoms with Crippen molar-refractivity contribution in [3.8, 4) is 6.07 Å². The maximum atomic E-state index is 9.89. The minimum Gasteiger partial charge on any atom is -0.301 e. The molecule has 5 heteroatoms. The lowest BCUT2D eigenvalue weighted by atomic mass is 10.6. The molecule has 0 spiro atoms. The van der Waals surface area contributed by atoms with Crippen molar-refractivity contribution >= 4 is 6.29 Å². The average molecular weight is 136 g/mol. The third-order valence-corrected chi connectivity index (χ3v) is 0.889. The Morgan fingerprint density at radius 3 is 3.20 bits per heavy atom. The highest BCUT2D eigenvalue weighted by Gasteiger charge is 1.95. The molecule has 0 amide bonds. The molecular formula is C5H4N4O. The van der Waals surface area contributed by atoms with Gasteiger partial charge in [0.25, 0.3) is 0 Å². The summed E-state index contributed by atoms with van der Waals surface area (Å²) >= 11 is 0. The average Bonchev–Trinajstić information content (AvgIpc) is 2.37. The molecule has 0 saturated carbocycles. The first kappa shape index (κ1) is 6.42. The highest BCUT2D eigenvalue weighted by molar-refractivity contribution is 5.48. The minimum absolute atomic E-state index is 0.0989. The Kier molecular flexibility index (Phi) is 1.75. The molecule has 10 heavy (non-hydrogen) atoms. The minimum atomic E-state index is 0.0989. The van der Waals surface area contributed by atoms with Gasteiger partial charge >= 0.3 is 0 Å². The van der Waals surface area contributed by atoms with Crippen molar-refractivity contribution in [2.75, 3.05) is 0 Å². The maximum Gasteiger partial charge on any atom is 0.182 e. The lowest BCUT2D eigenvalue weighted by Crippen LogP contribution is -2.02. The zero-order valence-electron chi connectivity index (χ0n) is 5.06. The van der Waals surface area contributed by atoms with Crippen LogP contribution in [-0.4, -0.2) is 21.3 Å². The van der Waals surface area contributed by atoms with Crippen molar-refractivity contribution in [2.24, 2.45) is 0 Å². The largest absolute Gasteiger partial charge is 0.301 e. The Hall–Kier alpha value is -1.70. The molecule has 0 fully saturated rings. The molecule has 0 aliphatic carbocycles. The van der Waals surface area contributed by atoms with Gasteiger partial charge < -0.3 is 4.79 Å². The highest BCUT2D eigenvalue weighted by Crippen LogP contribution is 1.85. The molecule has 0 radical (unpaired) electrons. The van der Waals surface area contributed by atoms with E-state index in [0.717, 1.165) is 4.80 Å². The number of nitriles is 1. The molecule has 0 unspecified atom stereocenters. The van der Waals surface area contributed by atoms with E-state index in [-0.39, 0.29) is 12.2 Å². The summed E-state index contributed by atoms with van der Waals surface area (Å²) in [6.07, 6.45) is 1.98. The van der Waals surface area contributed by atoms with Crippen LogP contribution in [0.5, 0.6) is 0 Å². The Labute approximate surface area is 56.9 Å². The van der Waals surface area contributed by atoms with Crippen molar-refractivity contribution in [3.05, 3.63) is 11.9 Å². The van der Waals surface area contributed by atoms with Gasteiger partial charge in [-0.3, -0.25) is 0 Å². The summed E-state index contributed by atoms with van der Waals surface area (Å²) in [4.78, 5) is 11.0. The van der Waals surface area contributed by atoms with E-state index in [1.165, 1.54) is 6.20 Å². The van der Waals surface area contributed by atoms with Gasteiger partial charge in [-0.25, -0.2) is 0 Å². The van der Waals surface area contributed by atoms with Crippen LogP contribution >= 0.6 is 0 Å². The second kappa shape index (κ2) is 2.73. The van der Waals surface area contributed by atoms with E-state index in [1.54, 1.807) is 6.07 Å². The molecule has 0 aliphatic heterocycles. The number of aldehydes is 1. The predicted octanol–water partition coefficient (Wildman–Crippen LogP) is -0.651. The standard InChI is InChI=1S/C5H4N4O/c6-3-5-4-7-9(8-5)1-2-10/h2,4H,1H2. The van der Waals surface area contributed by atoms with Gasteiger partial charge in [0.1, 0.15) is 18.9 Å². The second-order valence-electron chi connectivity index (χ2n) is 1.56. The first-order valence-corrected chi connectivity index (χ1v) is 2.60. The van der Waals surface area contributed by atoms with Crippen molar-refractivity contribution in [2.45, 2.75) is 6.54 Å². The van der Waals surface area contributed by atoms with Crippen molar-refractivity contribution in [1.29, 1.82) is 5.26 Å². The Balaban J connectivity index is 2.80. The molecule has 0 saturated heterocycles. The Morgan fingerprint density at radius 1 is 1.90 bits per heavy atom. The van der Waals surface area contributed by atoms with Crippen LogP contribution in [0.25, 0.3) is 0 Å². The van der Waals surface area contributed by atoms with E-state index in [1.807, 2.05) is 0 Å². The molecule has 1 heterocycles. The molecule has 0 N–H and O–H groups in total. The zero-order chi connectivity index (χ0) is 7.40.